The van der Waals surface area contributed by atoms with Crippen LogP contribution in [0.3, 0.4) is 0 Å². The molecular weight excluding hydrogens is 231 g/mol. The normalized spacial score (nSPS) is 14.4. The van der Waals surface area contributed by atoms with E-state index in [1.54, 1.807) is 30.3 Å². The van der Waals surface area contributed by atoms with Gasteiger partial charge < -0.3 is 9.26 Å². The Hall–Kier alpha value is -0.870. The Bertz CT molecular complexity index is 340. The molecule has 1 aromatic carbocycles. The van der Waals surface area contributed by atoms with Crippen LogP contribution in [0.1, 0.15) is 6.92 Å². The van der Waals surface area contributed by atoms with Crippen molar-refractivity contribution in [3.63, 3.8) is 0 Å². The highest BCUT2D eigenvalue weighted by Gasteiger charge is 2.22. The van der Waals surface area contributed by atoms with Crippen LogP contribution in [-0.2, 0) is 13.8 Å². The zero-order valence-electron chi connectivity index (χ0n) is 9.04. The summed E-state index contributed by atoms with van der Waals surface area (Å²) in [4.78, 5) is 9.32. The van der Waals surface area contributed by atoms with E-state index in [-0.39, 0.29) is 13.2 Å². The summed E-state index contributed by atoms with van der Waals surface area (Å²) in [5, 5.41) is 0. The van der Waals surface area contributed by atoms with Gasteiger partial charge in [0.2, 0.25) is 0 Å². The van der Waals surface area contributed by atoms with Crippen LogP contribution in [0.2, 0.25) is 0 Å². The number of benzene rings is 1. The number of phosphoric ester groups is 1. The Morgan fingerprint density at radius 3 is 2.56 bits per heavy atom. The highest BCUT2D eigenvalue weighted by Crippen LogP contribution is 2.43. The largest absolute Gasteiger partial charge is 0.527 e. The molecule has 0 bridgehead atoms. The van der Waals surface area contributed by atoms with Crippen molar-refractivity contribution >= 4 is 7.82 Å². The summed E-state index contributed by atoms with van der Waals surface area (Å²) < 4.78 is 25.9. The molecule has 0 saturated carbocycles. The van der Waals surface area contributed by atoms with Gasteiger partial charge >= 0.3 is 7.82 Å². The molecule has 0 spiro atoms. The second-order valence-corrected chi connectivity index (χ2v) is 4.28. The van der Waals surface area contributed by atoms with Gasteiger partial charge in [0.05, 0.1) is 13.2 Å². The zero-order chi connectivity index (χ0) is 11.9. The molecule has 0 heterocycles. The van der Waals surface area contributed by atoms with E-state index in [1.807, 2.05) is 6.92 Å². The average molecular weight is 246 g/mol. The molecule has 1 aromatic rings. The van der Waals surface area contributed by atoms with Gasteiger partial charge in [-0.05, 0) is 19.1 Å². The zero-order valence-corrected chi connectivity index (χ0v) is 9.93. The van der Waals surface area contributed by atoms with E-state index in [4.69, 9.17) is 13.8 Å². The monoisotopic (exact) mass is 246 g/mol. The molecule has 6 heteroatoms. The molecule has 0 aliphatic rings. The SMILES string of the molecule is CCOCCOP(=O)(O)Oc1ccccc1. The van der Waals surface area contributed by atoms with E-state index < -0.39 is 7.82 Å². The number of rotatable bonds is 7. The minimum absolute atomic E-state index is 0.0223. The molecule has 1 N–H and O–H groups in total. The number of hydrogen-bond acceptors (Lipinski definition) is 4. The molecule has 0 fully saturated rings. The Morgan fingerprint density at radius 1 is 1.25 bits per heavy atom. The van der Waals surface area contributed by atoms with Crippen LogP contribution in [0.4, 0.5) is 0 Å². The third-order valence-corrected chi connectivity index (χ3v) is 2.60. The van der Waals surface area contributed by atoms with Crippen molar-refractivity contribution in [2.45, 2.75) is 6.92 Å². The van der Waals surface area contributed by atoms with Crippen molar-refractivity contribution in [3.8, 4) is 5.75 Å². The smallest absolute Gasteiger partial charge is 0.404 e. The first kappa shape index (κ1) is 13.2. The Kier molecular flexibility index (Phi) is 5.49. The lowest BCUT2D eigenvalue weighted by atomic mass is 10.3. The maximum atomic E-state index is 11.4. The first-order valence-electron chi connectivity index (χ1n) is 4.94. The third-order valence-electron chi connectivity index (χ3n) is 1.65. The standard InChI is InChI=1S/C10H15O5P/c1-2-13-8-9-14-16(11,12)15-10-6-4-3-5-7-10/h3-7H,2,8-9H2,1H3,(H,11,12). The third kappa shape index (κ3) is 5.28. The van der Waals surface area contributed by atoms with Crippen molar-refractivity contribution in [2.24, 2.45) is 0 Å². The van der Waals surface area contributed by atoms with Gasteiger partial charge in [0, 0.05) is 6.61 Å². The van der Waals surface area contributed by atoms with Crippen LogP contribution in [0.15, 0.2) is 30.3 Å². The van der Waals surface area contributed by atoms with Gasteiger partial charge in [-0.3, -0.25) is 9.42 Å². The summed E-state index contributed by atoms with van der Waals surface area (Å²) in [6.07, 6.45) is 0. The van der Waals surface area contributed by atoms with Crippen molar-refractivity contribution in [1.29, 1.82) is 0 Å². The highest BCUT2D eigenvalue weighted by atomic mass is 31.2. The Balaban J connectivity index is 2.37. The second kappa shape index (κ2) is 6.66. The Labute approximate surface area is 94.6 Å². The number of hydrogen-bond donors (Lipinski definition) is 1. The minimum atomic E-state index is -4.03. The van der Waals surface area contributed by atoms with Gasteiger partial charge in [0.15, 0.2) is 0 Å². The van der Waals surface area contributed by atoms with E-state index in [0.717, 1.165) is 0 Å². The molecule has 0 aliphatic carbocycles. The molecule has 90 valence electrons. The molecule has 0 aromatic heterocycles. The molecule has 1 atom stereocenters. The van der Waals surface area contributed by atoms with Crippen LogP contribution in [-0.4, -0.2) is 24.7 Å². The van der Waals surface area contributed by atoms with Crippen molar-refractivity contribution < 1.29 is 23.2 Å². The van der Waals surface area contributed by atoms with Crippen molar-refractivity contribution in [1.82, 2.24) is 0 Å². The van der Waals surface area contributed by atoms with Crippen molar-refractivity contribution in [2.75, 3.05) is 19.8 Å². The van der Waals surface area contributed by atoms with Gasteiger partial charge in [0.1, 0.15) is 5.75 Å². The first-order chi connectivity index (χ1) is 7.64. The lowest BCUT2D eigenvalue weighted by Gasteiger charge is -2.12. The molecule has 16 heavy (non-hydrogen) atoms. The lowest BCUT2D eigenvalue weighted by Crippen LogP contribution is -2.05. The summed E-state index contributed by atoms with van der Waals surface area (Å²) in [6, 6.07) is 8.35. The van der Waals surface area contributed by atoms with E-state index >= 15 is 0 Å². The first-order valence-corrected chi connectivity index (χ1v) is 6.43. The molecule has 0 radical (unpaired) electrons. The second-order valence-electron chi connectivity index (χ2n) is 2.90. The molecule has 0 aliphatic heterocycles. The van der Waals surface area contributed by atoms with Crippen LogP contribution in [0.25, 0.3) is 0 Å². The van der Waals surface area contributed by atoms with E-state index in [9.17, 15) is 9.46 Å². The van der Waals surface area contributed by atoms with Gasteiger partial charge in [-0.15, -0.1) is 0 Å². The van der Waals surface area contributed by atoms with Crippen LogP contribution in [0.5, 0.6) is 5.75 Å². The maximum absolute atomic E-state index is 11.4. The van der Waals surface area contributed by atoms with Gasteiger partial charge in [-0.2, -0.15) is 0 Å². The highest BCUT2D eigenvalue weighted by molar-refractivity contribution is 7.47. The van der Waals surface area contributed by atoms with Gasteiger partial charge in [-0.1, -0.05) is 18.2 Å². The quantitative estimate of drug-likeness (QED) is 0.590. The van der Waals surface area contributed by atoms with Crippen LogP contribution >= 0.6 is 7.82 Å². The molecule has 0 saturated heterocycles. The van der Waals surface area contributed by atoms with Gasteiger partial charge in [0.25, 0.3) is 0 Å². The molecular formula is C10H15O5P. The molecule has 1 rings (SSSR count). The topological polar surface area (TPSA) is 65.0 Å². The van der Waals surface area contributed by atoms with E-state index in [1.165, 1.54) is 0 Å². The van der Waals surface area contributed by atoms with Gasteiger partial charge in [-0.25, -0.2) is 4.57 Å². The number of phosphoric acid groups is 1. The predicted molar refractivity (Wildman–Crippen MR) is 59.3 cm³/mol. The lowest BCUT2D eigenvalue weighted by molar-refractivity contribution is 0.0948. The molecule has 1 unspecified atom stereocenters. The number of para-hydroxylation sites is 1. The average Bonchev–Trinajstić information content (AvgIpc) is 2.25. The van der Waals surface area contributed by atoms with E-state index in [0.29, 0.717) is 12.4 Å². The fraction of sp³-hybridized carbons (Fsp3) is 0.400. The van der Waals surface area contributed by atoms with Crippen molar-refractivity contribution in [3.05, 3.63) is 30.3 Å². The summed E-state index contributed by atoms with van der Waals surface area (Å²) in [7, 11) is -4.03. The molecule has 0 amide bonds. The van der Waals surface area contributed by atoms with Crippen LogP contribution < -0.4 is 4.52 Å². The number of ether oxygens (including phenoxy) is 1. The summed E-state index contributed by atoms with van der Waals surface area (Å²) in [5.74, 6) is 0.296. The van der Waals surface area contributed by atoms with Crippen LogP contribution in [0, 0.1) is 0 Å². The summed E-state index contributed by atoms with van der Waals surface area (Å²) in [5.41, 5.74) is 0. The Morgan fingerprint density at radius 2 is 1.94 bits per heavy atom. The fourth-order valence-electron chi connectivity index (χ4n) is 0.997. The fourth-order valence-corrected chi connectivity index (χ4v) is 1.74. The predicted octanol–water partition coefficient (Wildman–Crippen LogP) is 2.22. The minimum Gasteiger partial charge on any atom is -0.404 e. The van der Waals surface area contributed by atoms with E-state index in [2.05, 4.69) is 0 Å². The maximum Gasteiger partial charge on any atom is 0.527 e. The summed E-state index contributed by atoms with van der Waals surface area (Å²) >= 11 is 0. The summed E-state index contributed by atoms with van der Waals surface area (Å²) in [6.45, 7) is 2.66. The molecule has 5 nitrogen and oxygen atoms in total.